The number of phenolic OH excluding ortho intramolecular Hbond substituents is 1. The molecule has 0 aliphatic carbocycles. The molecule has 25 heavy (non-hydrogen) atoms. The normalized spacial score (nSPS) is 13.8. The van der Waals surface area contributed by atoms with Gasteiger partial charge in [-0.1, -0.05) is 24.3 Å². The molecule has 0 saturated heterocycles. The monoisotopic (exact) mass is 340 g/mol. The smallest absolute Gasteiger partial charge is 0.223 e. The van der Waals surface area contributed by atoms with Crippen LogP contribution in [-0.4, -0.2) is 35.6 Å². The number of aromatic hydroxyl groups is 1. The van der Waals surface area contributed by atoms with E-state index in [2.05, 4.69) is 0 Å². The van der Waals surface area contributed by atoms with Crippen molar-refractivity contribution in [3.05, 3.63) is 47.5 Å². The standard InChI is InChI=1S/C20H24N2O3/c1-14-5-2-3-6-17(14)15-11-16-13-22(19(24)7-4-8-21)9-10-25-20(16)18(23)12-15/h2-3,5-6,11-12,23H,4,7-10,13,21H2,1H3. The zero-order chi connectivity index (χ0) is 17.8. The van der Waals surface area contributed by atoms with Gasteiger partial charge in [-0.3, -0.25) is 4.79 Å². The Bertz CT molecular complexity index is 774. The van der Waals surface area contributed by atoms with E-state index in [1.165, 1.54) is 0 Å². The Morgan fingerprint density at radius 1 is 1.32 bits per heavy atom. The zero-order valence-electron chi connectivity index (χ0n) is 14.5. The Hall–Kier alpha value is -2.53. The molecular weight excluding hydrogens is 316 g/mol. The molecule has 1 amide bonds. The topological polar surface area (TPSA) is 75.8 Å². The van der Waals surface area contributed by atoms with Gasteiger partial charge >= 0.3 is 0 Å². The highest BCUT2D eigenvalue weighted by Crippen LogP contribution is 2.38. The first-order chi connectivity index (χ1) is 12.1. The lowest BCUT2D eigenvalue weighted by Crippen LogP contribution is -2.32. The summed E-state index contributed by atoms with van der Waals surface area (Å²) in [6, 6.07) is 11.8. The van der Waals surface area contributed by atoms with E-state index in [0.29, 0.717) is 44.8 Å². The van der Waals surface area contributed by atoms with Gasteiger partial charge in [0.1, 0.15) is 6.61 Å². The number of carbonyl (C=O) groups excluding carboxylic acids is 1. The average Bonchev–Trinajstić information content (AvgIpc) is 2.83. The summed E-state index contributed by atoms with van der Waals surface area (Å²) in [5.74, 6) is 0.668. The zero-order valence-corrected chi connectivity index (χ0v) is 14.5. The van der Waals surface area contributed by atoms with E-state index < -0.39 is 0 Å². The van der Waals surface area contributed by atoms with Gasteiger partial charge in [0.05, 0.1) is 6.54 Å². The molecule has 1 heterocycles. The summed E-state index contributed by atoms with van der Waals surface area (Å²) in [7, 11) is 0. The highest BCUT2D eigenvalue weighted by atomic mass is 16.5. The third kappa shape index (κ3) is 3.77. The van der Waals surface area contributed by atoms with Crippen LogP contribution in [0.2, 0.25) is 0 Å². The van der Waals surface area contributed by atoms with Crippen LogP contribution in [0.5, 0.6) is 11.5 Å². The molecule has 3 N–H and O–H groups in total. The molecule has 0 atom stereocenters. The summed E-state index contributed by atoms with van der Waals surface area (Å²) in [6.07, 6.45) is 1.12. The molecular formula is C20H24N2O3. The highest BCUT2D eigenvalue weighted by Gasteiger charge is 2.22. The fourth-order valence-corrected chi connectivity index (χ4v) is 3.18. The van der Waals surface area contributed by atoms with Crippen molar-refractivity contribution in [2.45, 2.75) is 26.3 Å². The number of amides is 1. The van der Waals surface area contributed by atoms with E-state index >= 15 is 0 Å². The maximum absolute atomic E-state index is 12.4. The van der Waals surface area contributed by atoms with Crippen molar-refractivity contribution in [1.82, 2.24) is 4.90 Å². The van der Waals surface area contributed by atoms with Gasteiger partial charge < -0.3 is 20.5 Å². The van der Waals surface area contributed by atoms with Crippen LogP contribution >= 0.6 is 0 Å². The van der Waals surface area contributed by atoms with Gasteiger partial charge in [-0.15, -0.1) is 0 Å². The first-order valence-corrected chi connectivity index (χ1v) is 8.62. The van der Waals surface area contributed by atoms with Crippen LogP contribution in [0.4, 0.5) is 0 Å². The predicted molar refractivity (Wildman–Crippen MR) is 97.5 cm³/mol. The van der Waals surface area contributed by atoms with Crippen LogP contribution in [0.3, 0.4) is 0 Å². The van der Waals surface area contributed by atoms with Crippen molar-refractivity contribution in [3.8, 4) is 22.6 Å². The lowest BCUT2D eigenvalue weighted by molar-refractivity contribution is -0.132. The number of nitrogens with two attached hydrogens (primary N) is 1. The van der Waals surface area contributed by atoms with Crippen LogP contribution in [0.1, 0.15) is 24.0 Å². The van der Waals surface area contributed by atoms with Crippen molar-refractivity contribution in [2.24, 2.45) is 5.73 Å². The molecule has 0 unspecified atom stereocenters. The number of hydrogen-bond acceptors (Lipinski definition) is 4. The molecule has 5 heteroatoms. The van der Waals surface area contributed by atoms with Crippen molar-refractivity contribution in [3.63, 3.8) is 0 Å². The van der Waals surface area contributed by atoms with E-state index in [1.807, 2.05) is 37.3 Å². The molecule has 2 aromatic rings. The van der Waals surface area contributed by atoms with Gasteiger partial charge in [0.2, 0.25) is 5.91 Å². The van der Waals surface area contributed by atoms with Crippen LogP contribution in [0, 0.1) is 6.92 Å². The lowest BCUT2D eigenvalue weighted by atomic mass is 9.98. The van der Waals surface area contributed by atoms with Crippen molar-refractivity contribution < 1.29 is 14.6 Å². The SMILES string of the molecule is Cc1ccccc1-c1cc(O)c2c(c1)CN(C(=O)CCCN)CCO2. The Morgan fingerprint density at radius 3 is 2.88 bits per heavy atom. The molecule has 0 aromatic heterocycles. The second-order valence-electron chi connectivity index (χ2n) is 6.35. The second kappa shape index (κ2) is 7.57. The number of carbonyl (C=O) groups is 1. The average molecular weight is 340 g/mol. The maximum atomic E-state index is 12.4. The van der Waals surface area contributed by atoms with Crippen LogP contribution in [0.25, 0.3) is 11.1 Å². The first-order valence-electron chi connectivity index (χ1n) is 8.62. The predicted octanol–water partition coefficient (Wildman–Crippen LogP) is 2.83. The molecule has 1 aliphatic heterocycles. The van der Waals surface area contributed by atoms with Gasteiger partial charge in [0.15, 0.2) is 11.5 Å². The highest BCUT2D eigenvalue weighted by molar-refractivity contribution is 5.77. The third-order valence-corrected chi connectivity index (χ3v) is 4.52. The van der Waals surface area contributed by atoms with Gasteiger partial charge in [0, 0.05) is 18.5 Å². The molecule has 5 nitrogen and oxygen atoms in total. The Morgan fingerprint density at radius 2 is 2.12 bits per heavy atom. The summed E-state index contributed by atoms with van der Waals surface area (Å²) in [4.78, 5) is 14.1. The number of benzene rings is 2. The van der Waals surface area contributed by atoms with Crippen molar-refractivity contribution in [2.75, 3.05) is 19.7 Å². The number of ether oxygens (including phenoxy) is 1. The number of rotatable bonds is 4. The number of hydrogen-bond donors (Lipinski definition) is 2. The minimum Gasteiger partial charge on any atom is -0.504 e. The summed E-state index contributed by atoms with van der Waals surface area (Å²) >= 11 is 0. The van der Waals surface area contributed by atoms with E-state index in [-0.39, 0.29) is 11.7 Å². The number of phenols is 1. The largest absolute Gasteiger partial charge is 0.504 e. The van der Waals surface area contributed by atoms with Gasteiger partial charge in [-0.2, -0.15) is 0 Å². The molecule has 3 rings (SSSR count). The van der Waals surface area contributed by atoms with Crippen molar-refractivity contribution >= 4 is 5.91 Å². The summed E-state index contributed by atoms with van der Waals surface area (Å²) in [6.45, 7) is 3.87. The third-order valence-electron chi connectivity index (χ3n) is 4.52. The van der Waals surface area contributed by atoms with Crippen LogP contribution in [-0.2, 0) is 11.3 Å². The molecule has 0 bridgehead atoms. The van der Waals surface area contributed by atoms with E-state index in [1.54, 1.807) is 11.0 Å². The van der Waals surface area contributed by atoms with Gasteiger partial charge in [-0.25, -0.2) is 0 Å². The van der Waals surface area contributed by atoms with Crippen LogP contribution in [0.15, 0.2) is 36.4 Å². The summed E-state index contributed by atoms with van der Waals surface area (Å²) in [5.41, 5.74) is 9.45. The Kier molecular flexibility index (Phi) is 5.24. The van der Waals surface area contributed by atoms with Gasteiger partial charge in [0.25, 0.3) is 0 Å². The molecule has 0 radical (unpaired) electrons. The van der Waals surface area contributed by atoms with Crippen molar-refractivity contribution in [1.29, 1.82) is 0 Å². The van der Waals surface area contributed by atoms with E-state index in [9.17, 15) is 9.90 Å². The van der Waals surface area contributed by atoms with E-state index in [4.69, 9.17) is 10.5 Å². The summed E-state index contributed by atoms with van der Waals surface area (Å²) in [5, 5.41) is 10.4. The molecule has 132 valence electrons. The molecule has 2 aromatic carbocycles. The van der Waals surface area contributed by atoms with E-state index in [0.717, 1.165) is 22.3 Å². The first kappa shape index (κ1) is 17.3. The minimum absolute atomic E-state index is 0.0719. The minimum atomic E-state index is 0.0719. The molecule has 0 fully saturated rings. The second-order valence-corrected chi connectivity index (χ2v) is 6.35. The lowest BCUT2D eigenvalue weighted by Gasteiger charge is -2.20. The fraction of sp³-hybridized carbons (Fsp3) is 0.350. The number of fused-ring (bicyclic) bond motifs is 1. The molecule has 0 spiro atoms. The Labute approximate surface area is 148 Å². The number of aryl methyl sites for hydroxylation is 1. The van der Waals surface area contributed by atoms with Crippen LogP contribution < -0.4 is 10.5 Å². The summed E-state index contributed by atoms with van der Waals surface area (Å²) < 4.78 is 5.72. The quantitative estimate of drug-likeness (QED) is 0.897. The Balaban J connectivity index is 1.94. The number of nitrogens with zero attached hydrogens (tertiary/aromatic N) is 1. The maximum Gasteiger partial charge on any atom is 0.223 e. The fourth-order valence-electron chi connectivity index (χ4n) is 3.18. The molecule has 0 saturated carbocycles. The molecule has 1 aliphatic rings. The van der Waals surface area contributed by atoms with Gasteiger partial charge in [-0.05, 0) is 48.7 Å².